The van der Waals surface area contributed by atoms with Gasteiger partial charge < -0.3 is 14.4 Å². The molecule has 1 aliphatic heterocycles. The average Bonchev–Trinajstić information content (AvgIpc) is 2.78. The van der Waals surface area contributed by atoms with Crippen molar-refractivity contribution in [3.8, 4) is 11.5 Å². The van der Waals surface area contributed by atoms with E-state index in [1.807, 2.05) is 55.5 Å². The van der Waals surface area contributed by atoms with Crippen molar-refractivity contribution in [1.82, 2.24) is 9.55 Å². The zero-order valence-electron chi connectivity index (χ0n) is 17.5. The fourth-order valence-corrected chi connectivity index (χ4v) is 4.26. The highest BCUT2D eigenvalue weighted by atomic mass is 35.5. The fraction of sp³-hybridized carbons (Fsp3) is 0.304. The first kappa shape index (κ1) is 21.7. The van der Waals surface area contributed by atoms with Gasteiger partial charge in [-0.15, -0.1) is 11.8 Å². The van der Waals surface area contributed by atoms with E-state index in [1.54, 1.807) is 23.4 Å². The molecule has 1 fully saturated rings. The van der Waals surface area contributed by atoms with Crippen LogP contribution in [0.1, 0.15) is 11.1 Å². The minimum absolute atomic E-state index is 0.242. The van der Waals surface area contributed by atoms with Crippen LogP contribution in [-0.2, 0) is 17.5 Å². The Bertz CT molecular complexity index is 1110. The minimum Gasteiger partial charge on any atom is -0.457 e. The van der Waals surface area contributed by atoms with E-state index in [1.165, 1.54) is 0 Å². The van der Waals surface area contributed by atoms with Gasteiger partial charge >= 0.3 is 5.69 Å². The topological polar surface area (TPSA) is 56.6 Å². The van der Waals surface area contributed by atoms with Gasteiger partial charge in [0.05, 0.1) is 13.2 Å². The van der Waals surface area contributed by atoms with Crippen LogP contribution in [0.4, 0.5) is 5.82 Å². The van der Waals surface area contributed by atoms with Gasteiger partial charge in [-0.05, 0) is 48.4 Å². The number of rotatable bonds is 6. The van der Waals surface area contributed by atoms with Crippen LogP contribution in [0.3, 0.4) is 0 Å². The summed E-state index contributed by atoms with van der Waals surface area (Å²) in [5, 5.41) is 1.45. The van der Waals surface area contributed by atoms with Gasteiger partial charge in [0.15, 0.2) is 0 Å². The Kier molecular flexibility index (Phi) is 6.85. The molecule has 0 N–H and O–H groups in total. The van der Waals surface area contributed by atoms with E-state index in [2.05, 4.69) is 9.88 Å². The van der Waals surface area contributed by atoms with Crippen LogP contribution in [0.25, 0.3) is 0 Å². The molecule has 1 aromatic heterocycles. The van der Waals surface area contributed by atoms with Crippen molar-refractivity contribution in [3.63, 3.8) is 0 Å². The number of morpholine rings is 1. The molecule has 0 aliphatic carbocycles. The molecule has 4 rings (SSSR count). The fourth-order valence-electron chi connectivity index (χ4n) is 3.30. The van der Waals surface area contributed by atoms with Gasteiger partial charge in [0.2, 0.25) is 0 Å². The van der Waals surface area contributed by atoms with E-state index in [4.69, 9.17) is 21.1 Å². The SMILES string of the molecule is Cc1cc(Oc2ccc(CSc3cc(N4CCOCC4)n(C)c(=O)n3)cc2)ccc1Cl. The number of halogens is 1. The van der Waals surface area contributed by atoms with Crippen LogP contribution in [0.2, 0.25) is 5.02 Å². The van der Waals surface area contributed by atoms with E-state index in [-0.39, 0.29) is 5.69 Å². The number of anilines is 1. The molecule has 0 unspecified atom stereocenters. The van der Waals surface area contributed by atoms with Crippen molar-refractivity contribution in [2.75, 3.05) is 31.2 Å². The molecular formula is C23H24ClN3O3S. The molecule has 0 atom stereocenters. The first-order valence-electron chi connectivity index (χ1n) is 10.1. The number of hydrogen-bond acceptors (Lipinski definition) is 6. The monoisotopic (exact) mass is 457 g/mol. The van der Waals surface area contributed by atoms with Crippen molar-refractivity contribution in [1.29, 1.82) is 0 Å². The van der Waals surface area contributed by atoms with Crippen molar-refractivity contribution in [3.05, 3.63) is 75.2 Å². The maximum absolute atomic E-state index is 12.3. The average molecular weight is 458 g/mol. The number of thioether (sulfide) groups is 1. The van der Waals surface area contributed by atoms with E-state index in [0.717, 1.165) is 51.6 Å². The standard InChI is InChI=1S/C23H24ClN3O3S/c1-16-13-19(7-8-20(16)24)30-18-5-3-17(4-6-18)15-31-21-14-22(26(2)23(28)25-21)27-9-11-29-12-10-27/h3-8,13-14H,9-12,15H2,1-2H3. The van der Waals surface area contributed by atoms with Crippen molar-refractivity contribution >= 4 is 29.2 Å². The third kappa shape index (κ3) is 5.42. The number of aryl methyl sites for hydroxylation is 1. The molecule has 8 heteroatoms. The zero-order chi connectivity index (χ0) is 21.8. The third-order valence-corrected chi connectivity index (χ3v) is 6.51. The normalized spacial score (nSPS) is 14.0. The number of aromatic nitrogens is 2. The molecule has 3 aromatic rings. The predicted octanol–water partition coefficient (Wildman–Crippen LogP) is 4.66. The van der Waals surface area contributed by atoms with Crippen LogP contribution in [0.15, 0.2) is 58.4 Å². The summed E-state index contributed by atoms with van der Waals surface area (Å²) in [6.45, 7) is 4.84. The lowest BCUT2D eigenvalue weighted by molar-refractivity contribution is 0.122. The van der Waals surface area contributed by atoms with Crippen LogP contribution >= 0.6 is 23.4 Å². The molecule has 0 radical (unpaired) electrons. The lowest BCUT2D eigenvalue weighted by atomic mass is 10.2. The Labute approximate surface area is 190 Å². The summed E-state index contributed by atoms with van der Waals surface area (Å²) in [6, 6.07) is 15.5. The molecule has 2 heterocycles. The Morgan fingerprint density at radius 3 is 2.52 bits per heavy atom. The van der Waals surface area contributed by atoms with Gasteiger partial charge in [0.1, 0.15) is 22.3 Å². The number of nitrogens with zero attached hydrogens (tertiary/aromatic N) is 3. The summed E-state index contributed by atoms with van der Waals surface area (Å²) in [5.74, 6) is 3.11. The molecule has 0 spiro atoms. The van der Waals surface area contributed by atoms with Gasteiger partial charge in [-0.1, -0.05) is 23.7 Å². The molecule has 0 saturated carbocycles. The van der Waals surface area contributed by atoms with Crippen LogP contribution < -0.4 is 15.3 Å². The van der Waals surface area contributed by atoms with Crippen LogP contribution in [-0.4, -0.2) is 35.9 Å². The van der Waals surface area contributed by atoms with Crippen molar-refractivity contribution < 1.29 is 9.47 Å². The molecule has 1 saturated heterocycles. The Hall–Kier alpha value is -2.48. The van der Waals surface area contributed by atoms with Gasteiger partial charge in [-0.3, -0.25) is 4.57 Å². The third-order valence-electron chi connectivity index (χ3n) is 5.10. The molecule has 162 valence electrons. The van der Waals surface area contributed by atoms with Gasteiger partial charge in [0.25, 0.3) is 0 Å². The quantitative estimate of drug-likeness (QED) is 0.396. The van der Waals surface area contributed by atoms with Crippen molar-refractivity contribution in [2.24, 2.45) is 7.05 Å². The largest absolute Gasteiger partial charge is 0.457 e. The molecule has 6 nitrogen and oxygen atoms in total. The Balaban J connectivity index is 1.41. The highest BCUT2D eigenvalue weighted by Crippen LogP contribution is 2.28. The molecular weight excluding hydrogens is 434 g/mol. The molecule has 1 aliphatic rings. The second kappa shape index (κ2) is 9.77. The smallest absolute Gasteiger partial charge is 0.349 e. The summed E-state index contributed by atoms with van der Waals surface area (Å²) in [5.41, 5.74) is 1.86. The lowest BCUT2D eigenvalue weighted by Gasteiger charge is -2.30. The predicted molar refractivity (Wildman–Crippen MR) is 125 cm³/mol. The number of benzene rings is 2. The number of hydrogen-bond donors (Lipinski definition) is 0. The first-order valence-corrected chi connectivity index (χ1v) is 11.4. The minimum atomic E-state index is -0.242. The van der Waals surface area contributed by atoms with E-state index in [0.29, 0.717) is 19.0 Å². The summed E-state index contributed by atoms with van der Waals surface area (Å²) < 4.78 is 12.9. The van der Waals surface area contributed by atoms with E-state index >= 15 is 0 Å². The summed E-state index contributed by atoms with van der Waals surface area (Å²) >= 11 is 7.62. The van der Waals surface area contributed by atoms with E-state index in [9.17, 15) is 4.79 Å². The summed E-state index contributed by atoms with van der Waals surface area (Å²) in [4.78, 5) is 18.7. The maximum atomic E-state index is 12.3. The molecule has 0 bridgehead atoms. The summed E-state index contributed by atoms with van der Waals surface area (Å²) in [6.07, 6.45) is 0. The van der Waals surface area contributed by atoms with Gasteiger partial charge in [-0.25, -0.2) is 4.79 Å². The molecule has 31 heavy (non-hydrogen) atoms. The van der Waals surface area contributed by atoms with E-state index < -0.39 is 0 Å². The van der Waals surface area contributed by atoms with Crippen LogP contribution in [0.5, 0.6) is 11.5 Å². The van der Waals surface area contributed by atoms with Gasteiger partial charge in [0, 0.05) is 37.0 Å². The number of ether oxygens (including phenoxy) is 2. The van der Waals surface area contributed by atoms with Crippen LogP contribution in [0, 0.1) is 6.92 Å². The summed E-state index contributed by atoms with van der Waals surface area (Å²) in [7, 11) is 1.76. The first-order chi connectivity index (χ1) is 15.0. The van der Waals surface area contributed by atoms with Crippen molar-refractivity contribution in [2.45, 2.75) is 17.7 Å². The maximum Gasteiger partial charge on any atom is 0.349 e. The Morgan fingerprint density at radius 1 is 1.10 bits per heavy atom. The molecule has 0 amide bonds. The Morgan fingerprint density at radius 2 is 1.81 bits per heavy atom. The second-order valence-corrected chi connectivity index (χ2v) is 8.74. The molecule has 2 aromatic carbocycles. The lowest BCUT2D eigenvalue weighted by Crippen LogP contribution is -2.39. The second-order valence-electron chi connectivity index (χ2n) is 7.34. The van der Waals surface area contributed by atoms with Gasteiger partial charge in [-0.2, -0.15) is 4.98 Å². The highest BCUT2D eigenvalue weighted by molar-refractivity contribution is 7.98. The highest BCUT2D eigenvalue weighted by Gasteiger charge is 2.16. The zero-order valence-corrected chi connectivity index (χ0v) is 19.1.